The molecule has 1 rings (SSSR count). The van der Waals surface area contributed by atoms with Crippen molar-refractivity contribution in [2.75, 3.05) is 19.8 Å². The topological polar surface area (TPSA) is 37.4 Å². The van der Waals surface area contributed by atoms with Crippen molar-refractivity contribution in [3.8, 4) is 0 Å². The van der Waals surface area contributed by atoms with Crippen LogP contribution in [0.1, 0.15) is 12.8 Å². The van der Waals surface area contributed by atoms with Gasteiger partial charge in [0.15, 0.2) is 9.84 Å². The lowest BCUT2D eigenvalue weighted by Crippen LogP contribution is -2.31. The molecule has 1 aliphatic rings. The van der Waals surface area contributed by atoms with Crippen LogP contribution in [0.15, 0.2) is 0 Å². The van der Waals surface area contributed by atoms with Gasteiger partial charge >= 0.3 is 0 Å². The van der Waals surface area contributed by atoms with Gasteiger partial charge in [0.1, 0.15) is 5.37 Å². The lowest BCUT2D eigenvalue weighted by atomic mass is 10.3. The van der Waals surface area contributed by atoms with Crippen LogP contribution in [0.4, 0.5) is 0 Å². The van der Waals surface area contributed by atoms with Gasteiger partial charge < -0.3 is 0 Å². The molecule has 60 valence electrons. The normalized spacial score (nSPS) is 31.3. The fourth-order valence-corrected chi connectivity index (χ4v) is 3.36. The van der Waals surface area contributed by atoms with Gasteiger partial charge in [0.2, 0.25) is 0 Å². The van der Waals surface area contributed by atoms with Crippen molar-refractivity contribution in [3.63, 3.8) is 0 Å². The van der Waals surface area contributed by atoms with Crippen molar-refractivity contribution < 1.29 is 8.42 Å². The van der Waals surface area contributed by atoms with E-state index in [0.717, 1.165) is 12.8 Å². The van der Waals surface area contributed by atoms with Gasteiger partial charge in [0, 0.05) is 0 Å². The molecule has 1 atom stereocenters. The Morgan fingerprint density at radius 1 is 1.40 bits per heavy atom. The second-order valence-corrected chi connectivity index (χ2v) is 5.21. The molecule has 10 heavy (non-hydrogen) atoms. The zero-order valence-electron chi connectivity index (χ0n) is 6.37. The molecule has 1 unspecified atom stereocenters. The van der Waals surface area contributed by atoms with Crippen molar-refractivity contribution >= 4 is 9.84 Å². The largest absolute Gasteiger partial charge is 0.293 e. The number of hydrogen-bond donors (Lipinski definition) is 0. The third-order valence-corrected chi connectivity index (χ3v) is 4.21. The maximum absolute atomic E-state index is 11.2. The average molecular weight is 163 g/mol. The molecule has 1 fully saturated rings. The van der Waals surface area contributed by atoms with Gasteiger partial charge in [-0.25, -0.2) is 8.42 Å². The van der Waals surface area contributed by atoms with Crippen LogP contribution < -0.4 is 0 Å². The van der Waals surface area contributed by atoms with Gasteiger partial charge in [-0.15, -0.1) is 0 Å². The van der Waals surface area contributed by atoms with Gasteiger partial charge in [-0.1, -0.05) is 0 Å². The Labute approximate surface area is 61.9 Å². The highest BCUT2D eigenvalue weighted by molar-refractivity contribution is 7.92. The highest BCUT2D eigenvalue weighted by atomic mass is 32.2. The first-order valence-electron chi connectivity index (χ1n) is 3.42. The van der Waals surface area contributed by atoms with Crippen molar-refractivity contribution in [1.82, 2.24) is 4.90 Å². The summed E-state index contributed by atoms with van der Waals surface area (Å²) in [6.07, 6.45) is 1.63. The van der Waals surface area contributed by atoms with Crippen molar-refractivity contribution in [3.05, 3.63) is 0 Å². The van der Waals surface area contributed by atoms with Crippen LogP contribution in [0.2, 0.25) is 0 Å². The highest BCUT2D eigenvalue weighted by Gasteiger charge is 2.32. The summed E-state index contributed by atoms with van der Waals surface area (Å²) in [4.78, 5) is 1.78. The summed E-state index contributed by atoms with van der Waals surface area (Å²) in [6, 6.07) is 0. The lowest BCUT2D eigenvalue weighted by Gasteiger charge is -2.16. The van der Waals surface area contributed by atoms with Crippen LogP contribution in [0.5, 0.6) is 0 Å². The molecule has 4 heteroatoms. The zero-order chi connectivity index (χ0) is 7.78. The van der Waals surface area contributed by atoms with Crippen molar-refractivity contribution in [1.29, 1.82) is 0 Å². The van der Waals surface area contributed by atoms with Gasteiger partial charge in [0.25, 0.3) is 0 Å². The molecule has 0 aliphatic carbocycles. The van der Waals surface area contributed by atoms with E-state index in [2.05, 4.69) is 0 Å². The fourth-order valence-electron chi connectivity index (χ4n) is 1.35. The summed E-state index contributed by atoms with van der Waals surface area (Å²) in [5.74, 6) is 0.371. The minimum atomic E-state index is -2.76. The molecule has 0 amide bonds. The van der Waals surface area contributed by atoms with E-state index in [0.29, 0.717) is 5.75 Å². The quantitative estimate of drug-likeness (QED) is 0.549. The molecule has 3 nitrogen and oxygen atoms in total. The second-order valence-electron chi connectivity index (χ2n) is 2.93. The minimum absolute atomic E-state index is 0.215. The standard InChI is InChI=1S/C6H13NO2S/c1-7(2)6-4-3-5-10(6,8)9/h6H,3-5H2,1-2H3. The van der Waals surface area contributed by atoms with Gasteiger partial charge in [0.05, 0.1) is 5.75 Å². The van der Waals surface area contributed by atoms with E-state index in [1.165, 1.54) is 0 Å². The maximum atomic E-state index is 11.2. The summed E-state index contributed by atoms with van der Waals surface area (Å²) < 4.78 is 22.3. The minimum Gasteiger partial charge on any atom is -0.293 e. The predicted molar refractivity (Wildman–Crippen MR) is 40.5 cm³/mol. The molecular formula is C6H13NO2S. The molecule has 1 aliphatic heterocycles. The first-order chi connectivity index (χ1) is 4.54. The molecule has 0 radical (unpaired) electrons. The molecule has 0 spiro atoms. The van der Waals surface area contributed by atoms with E-state index >= 15 is 0 Å². The zero-order valence-corrected chi connectivity index (χ0v) is 7.19. The van der Waals surface area contributed by atoms with Crippen LogP contribution in [-0.2, 0) is 9.84 Å². The van der Waals surface area contributed by atoms with Gasteiger partial charge in [-0.2, -0.15) is 0 Å². The first kappa shape index (κ1) is 8.01. The first-order valence-corrected chi connectivity index (χ1v) is 5.13. The van der Waals surface area contributed by atoms with Crippen molar-refractivity contribution in [2.45, 2.75) is 18.2 Å². The Balaban J connectivity index is 2.79. The Kier molecular flexibility index (Phi) is 2.01. The lowest BCUT2D eigenvalue weighted by molar-refractivity contribution is 0.361. The van der Waals surface area contributed by atoms with Crippen LogP contribution in [0.3, 0.4) is 0 Å². The van der Waals surface area contributed by atoms with Gasteiger partial charge in [-0.05, 0) is 26.9 Å². The van der Waals surface area contributed by atoms with E-state index in [9.17, 15) is 8.42 Å². The van der Waals surface area contributed by atoms with E-state index in [1.807, 2.05) is 14.1 Å². The fraction of sp³-hybridized carbons (Fsp3) is 1.00. The molecule has 0 aromatic carbocycles. The Morgan fingerprint density at radius 2 is 2.00 bits per heavy atom. The van der Waals surface area contributed by atoms with E-state index in [1.54, 1.807) is 4.90 Å². The molecule has 1 heterocycles. The smallest absolute Gasteiger partial charge is 0.166 e. The molecule has 1 saturated heterocycles. The predicted octanol–water partition coefficient (Wildman–Crippen LogP) is 0.0827. The molecule has 0 N–H and O–H groups in total. The second kappa shape index (κ2) is 2.51. The van der Waals surface area contributed by atoms with Crippen molar-refractivity contribution in [2.24, 2.45) is 0 Å². The molecule has 0 saturated carbocycles. The Hall–Kier alpha value is -0.0900. The highest BCUT2D eigenvalue weighted by Crippen LogP contribution is 2.20. The monoisotopic (exact) mass is 163 g/mol. The maximum Gasteiger partial charge on any atom is 0.166 e. The molecule has 0 bridgehead atoms. The third-order valence-electron chi connectivity index (χ3n) is 1.87. The SMILES string of the molecule is CN(C)C1CCCS1(=O)=O. The summed E-state index contributed by atoms with van der Waals surface area (Å²) in [5.41, 5.74) is 0. The summed E-state index contributed by atoms with van der Waals surface area (Å²) in [7, 11) is 0.866. The van der Waals surface area contributed by atoms with Crippen LogP contribution in [-0.4, -0.2) is 38.5 Å². The number of hydrogen-bond acceptors (Lipinski definition) is 3. The summed E-state index contributed by atoms with van der Waals surface area (Å²) in [5, 5.41) is -0.215. The molecule has 0 aromatic rings. The number of nitrogens with zero attached hydrogens (tertiary/aromatic N) is 1. The molecular weight excluding hydrogens is 150 g/mol. The number of sulfone groups is 1. The third kappa shape index (κ3) is 1.32. The van der Waals surface area contributed by atoms with E-state index in [4.69, 9.17) is 0 Å². The molecule has 0 aromatic heterocycles. The number of rotatable bonds is 1. The van der Waals surface area contributed by atoms with Crippen LogP contribution >= 0.6 is 0 Å². The average Bonchev–Trinajstić information content (AvgIpc) is 2.08. The van der Waals surface area contributed by atoms with E-state index in [-0.39, 0.29) is 5.37 Å². The Bertz CT molecular complexity index is 208. The Morgan fingerprint density at radius 3 is 2.20 bits per heavy atom. The van der Waals surface area contributed by atoms with E-state index < -0.39 is 9.84 Å². The van der Waals surface area contributed by atoms with Crippen LogP contribution in [0, 0.1) is 0 Å². The summed E-state index contributed by atoms with van der Waals surface area (Å²) >= 11 is 0. The van der Waals surface area contributed by atoms with Gasteiger partial charge in [-0.3, -0.25) is 4.90 Å². The van der Waals surface area contributed by atoms with Crippen LogP contribution in [0.25, 0.3) is 0 Å². The summed E-state index contributed by atoms with van der Waals surface area (Å²) in [6.45, 7) is 0.